The molecule has 0 aromatic heterocycles. The van der Waals surface area contributed by atoms with Gasteiger partial charge in [-0.2, -0.15) is 0 Å². The molecule has 0 aromatic rings. The van der Waals surface area contributed by atoms with Gasteiger partial charge in [0.2, 0.25) is 0 Å². The van der Waals surface area contributed by atoms with Gasteiger partial charge in [-0.1, -0.05) is 0 Å². The minimum absolute atomic E-state index is 0. The Kier molecular flexibility index (Phi) is 177. The molecule has 9 radical (unpaired) electrons. The quantitative estimate of drug-likeness (QED) is 0.302. The largest absolute Gasteiger partial charge is 0 e. The molecule has 0 bridgehead atoms. The van der Waals surface area contributed by atoms with E-state index in [1.54, 1.807) is 0 Å². The van der Waals surface area contributed by atoms with Crippen LogP contribution in [-0.4, -0.2) is 121 Å². The molecule has 0 saturated carbocycles. The molecule has 31 valence electrons. The maximum absolute atomic E-state index is 9.82. The third kappa shape index (κ3) is 40.4. The summed E-state index contributed by atoms with van der Waals surface area (Å²) in [6.07, 6.45) is 0. The van der Waals surface area contributed by atoms with Crippen molar-refractivity contribution in [1.82, 2.24) is 0 Å². The van der Waals surface area contributed by atoms with Crippen molar-refractivity contribution in [2.24, 2.45) is 0 Å². The molecule has 0 fully saturated rings. The molecule has 8 heteroatoms. The zero-order valence-corrected chi connectivity index (χ0v) is 22.2. The van der Waals surface area contributed by atoms with E-state index >= 15 is 0 Å². The summed E-state index contributed by atoms with van der Waals surface area (Å²) in [6.45, 7) is 0. The van der Waals surface area contributed by atoms with E-state index in [4.69, 9.17) is 0 Å². The molecule has 0 rings (SSSR count). The van der Waals surface area contributed by atoms with Gasteiger partial charge in [0.15, 0.2) is 0 Å². The number of rotatable bonds is 0. The average Bonchev–Trinajstić information content (AvgIpc) is 0.918. The summed E-state index contributed by atoms with van der Waals surface area (Å²) in [4.78, 5) is 0. The first-order valence-electron chi connectivity index (χ1n) is 0.378. The Bertz CT molecular complexity index is 22.0. The zero-order valence-electron chi connectivity index (χ0n) is 4.62. The van der Waals surface area contributed by atoms with Crippen molar-refractivity contribution >= 4 is 121 Å². The predicted molar refractivity (Wildman–Crippen MR) is 25.2 cm³/mol. The van der Waals surface area contributed by atoms with Crippen LogP contribution in [0, 0.1) is 35.6 Å². The van der Waals surface area contributed by atoms with Crippen molar-refractivity contribution in [2.75, 3.05) is 0 Å². The molecule has 0 aromatic carbocycles. The Morgan fingerprint density at radius 3 is 1.12 bits per heavy atom. The summed E-state index contributed by atoms with van der Waals surface area (Å²) in [5.74, 6) is 0. The van der Waals surface area contributed by atoms with Crippen LogP contribution in [-0.2, 0) is 26.2 Å². The maximum Gasteiger partial charge on any atom is 0 e. The van der Waals surface area contributed by atoms with Gasteiger partial charge >= 0.3 is 30.5 Å². The molecule has 0 unspecified atom stereocenters. The van der Waals surface area contributed by atoms with E-state index in [0.717, 1.165) is 0 Å². The molecule has 0 saturated heterocycles. The van der Waals surface area contributed by atoms with Gasteiger partial charge in [-0.05, 0) is 0 Å². The Morgan fingerprint density at radius 1 is 1.12 bits per heavy atom. The molecule has 0 atom stereocenters. The SMILES string of the molecule is [Al].[Ba].[F][Pb][F].[La].[Na].[Zr]. The van der Waals surface area contributed by atoms with Crippen LogP contribution in [0.25, 0.3) is 0 Å². The molecule has 8 heavy (non-hydrogen) atoms. The van der Waals surface area contributed by atoms with Gasteiger partial charge in [-0.15, -0.1) is 0 Å². The Hall–Kier alpha value is 5.96. The van der Waals surface area contributed by atoms with Crippen molar-refractivity contribution in [1.29, 1.82) is 0 Å². The van der Waals surface area contributed by atoms with Crippen LogP contribution < -0.4 is 0 Å². The smallest absolute Gasteiger partial charge is 0 e. The van der Waals surface area contributed by atoms with Crippen LogP contribution in [0.4, 0.5) is 5.02 Å². The van der Waals surface area contributed by atoms with Gasteiger partial charge in [0.05, 0.1) is 0 Å². The van der Waals surface area contributed by atoms with E-state index in [0.29, 0.717) is 0 Å². The topological polar surface area (TPSA) is 0 Å². The molecule has 0 aliphatic carbocycles. The molecule has 0 aliphatic heterocycles. The van der Waals surface area contributed by atoms with Gasteiger partial charge in [-0.3, -0.25) is 0 Å². The molecular weight excluding hydrogens is 663 g/mol. The van der Waals surface area contributed by atoms with Crippen LogP contribution in [0.1, 0.15) is 0 Å². The van der Waals surface area contributed by atoms with E-state index in [1.165, 1.54) is 0 Å². The normalized spacial score (nSPS) is 2.25. The first-order valence-corrected chi connectivity index (χ1v) is 3.32. The van der Waals surface area contributed by atoms with Crippen LogP contribution in [0.3, 0.4) is 0 Å². The minimum atomic E-state index is -2.92. The van der Waals surface area contributed by atoms with Gasteiger partial charge < -0.3 is 0 Å². The van der Waals surface area contributed by atoms with Crippen molar-refractivity contribution in [3.63, 3.8) is 0 Å². The fourth-order valence-corrected chi connectivity index (χ4v) is 0. The molecular formula is AlBaF2LaNaPbZr. The van der Waals surface area contributed by atoms with E-state index in [-0.39, 0.29) is 158 Å². The first kappa shape index (κ1) is 37.0. The summed E-state index contributed by atoms with van der Waals surface area (Å²) >= 11 is -2.92. The van der Waals surface area contributed by atoms with Crippen LogP contribution >= 0.6 is 0 Å². The number of halogens is 2. The van der Waals surface area contributed by atoms with Crippen LogP contribution in [0.5, 0.6) is 0 Å². The number of hydrogen-bond acceptors (Lipinski definition) is 0. The van der Waals surface area contributed by atoms with Crippen molar-refractivity contribution in [2.45, 2.75) is 0 Å². The Morgan fingerprint density at radius 2 is 1.12 bits per heavy atom. The number of hydrogen-bond donors (Lipinski definition) is 0. The summed E-state index contributed by atoms with van der Waals surface area (Å²) in [6, 6.07) is 0. The van der Waals surface area contributed by atoms with Gasteiger partial charge in [0, 0.05) is 158 Å². The third-order valence-corrected chi connectivity index (χ3v) is 0. The van der Waals surface area contributed by atoms with E-state index in [2.05, 4.69) is 0 Å². The first-order chi connectivity index (χ1) is 1.41. The fourth-order valence-electron chi connectivity index (χ4n) is 0. The van der Waals surface area contributed by atoms with Crippen molar-refractivity contribution < 1.29 is 66.8 Å². The molecule has 0 spiro atoms. The van der Waals surface area contributed by atoms with Gasteiger partial charge in [0.25, 0.3) is 0 Å². The molecule has 0 amide bonds. The summed E-state index contributed by atoms with van der Waals surface area (Å²) in [5, 5.41) is 0. The van der Waals surface area contributed by atoms with Crippen LogP contribution in [0.2, 0.25) is 0 Å². The second kappa shape index (κ2) is 38.3. The average molecular weight is 663 g/mol. The van der Waals surface area contributed by atoms with Gasteiger partial charge in [-0.25, -0.2) is 0 Å². The van der Waals surface area contributed by atoms with Gasteiger partial charge in [0.1, 0.15) is 0 Å². The summed E-state index contributed by atoms with van der Waals surface area (Å²) < 4.78 is 19.6. The molecule has 0 aliphatic rings. The summed E-state index contributed by atoms with van der Waals surface area (Å²) in [7, 11) is 0. The molecule has 0 nitrogen and oxygen atoms in total. The van der Waals surface area contributed by atoms with E-state index in [9.17, 15) is 5.02 Å². The van der Waals surface area contributed by atoms with Crippen molar-refractivity contribution in [3.05, 3.63) is 0 Å². The second-order valence-corrected chi connectivity index (χ2v) is 0.627. The summed E-state index contributed by atoms with van der Waals surface area (Å²) in [5.41, 5.74) is 0. The maximum atomic E-state index is 9.82. The Labute approximate surface area is 182 Å². The van der Waals surface area contributed by atoms with E-state index in [1.807, 2.05) is 0 Å². The second-order valence-electron chi connectivity index (χ2n) is 0.0714. The fraction of sp³-hybridized carbons (Fsp3) is 0. The predicted octanol–water partition coefficient (Wildman–Crippen LogP) is -0.685. The monoisotopic (exact) mass is 663 g/mol. The van der Waals surface area contributed by atoms with E-state index < -0.39 is 25.5 Å². The van der Waals surface area contributed by atoms with Crippen molar-refractivity contribution in [3.8, 4) is 0 Å². The third-order valence-electron chi connectivity index (χ3n) is 0. The standard InChI is InChI=1S/Al.Ba.2FH.La.Na.Pb.Zr/h;;2*1H;;;;/q;;;;;;+2;/p-2. The Balaban J connectivity index is -0.00000000200. The van der Waals surface area contributed by atoms with Crippen LogP contribution in [0.15, 0.2) is 0 Å². The molecule has 0 heterocycles. The zero-order chi connectivity index (χ0) is 2.71. The minimum Gasteiger partial charge on any atom is 0 e. The molecule has 0 N–H and O–H groups in total.